The van der Waals surface area contributed by atoms with Gasteiger partial charge in [-0.15, -0.1) is 0 Å². The SMILES string of the molecule is O=c1c2ccccc2n2c3ccc(-c4ccc(-c5ccc6c(c5)c(=O)c5cccc7c(=O)c8ccccc8n6c75)c5c4Cc4ccccc4-5)cc3c(=O)c3cccc1c32. The number of aromatic nitrogens is 2. The van der Waals surface area contributed by atoms with Crippen LogP contribution < -0.4 is 21.7 Å². The van der Waals surface area contributed by atoms with Gasteiger partial charge in [0, 0.05) is 43.1 Å². The molecule has 4 aromatic heterocycles. The molecule has 4 heterocycles. The maximum atomic E-state index is 14.4. The summed E-state index contributed by atoms with van der Waals surface area (Å²) < 4.78 is 4.14. The van der Waals surface area contributed by atoms with Crippen LogP contribution in [0, 0.1) is 0 Å². The summed E-state index contributed by atoms with van der Waals surface area (Å²) in [5.41, 5.74) is 12.5. The second-order valence-corrected chi connectivity index (χ2v) is 15.7. The van der Waals surface area contributed by atoms with Crippen molar-refractivity contribution in [2.45, 2.75) is 6.42 Å². The molecule has 6 heteroatoms. The van der Waals surface area contributed by atoms with Crippen LogP contribution >= 0.6 is 0 Å². The Morgan fingerprint density at radius 2 is 0.763 bits per heavy atom. The highest BCUT2D eigenvalue weighted by Crippen LogP contribution is 2.47. The van der Waals surface area contributed by atoms with Crippen molar-refractivity contribution in [2.24, 2.45) is 0 Å². The Balaban J connectivity index is 1.06. The molecular formula is C53H28N2O4. The van der Waals surface area contributed by atoms with E-state index >= 15 is 0 Å². The molecule has 13 rings (SSSR count). The van der Waals surface area contributed by atoms with Crippen molar-refractivity contribution in [1.82, 2.24) is 8.80 Å². The number of hydrogen-bond acceptors (Lipinski definition) is 4. The lowest BCUT2D eigenvalue weighted by Gasteiger charge is -2.18. The highest BCUT2D eigenvalue weighted by molar-refractivity contribution is 6.10. The van der Waals surface area contributed by atoms with E-state index in [0.29, 0.717) is 60.5 Å². The maximum absolute atomic E-state index is 14.4. The van der Waals surface area contributed by atoms with Gasteiger partial charge in [-0.25, -0.2) is 0 Å². The molecule has 274 valence electrons. The molecule has 0 unspecified atom stereocenters. The molecule has 6 nitrogen and oxygen atoms in total. The Morgan fingerprint density at radius 3 is 1.32 bits per heavy atom. The summed E-state index contributed by atoms with van der Waals surface area (Å²) in [5, 5.41) is 4.49. The van der Waals surface area contributed by atoms with Crippen LogP contribution in [0.25, 0.3) is 110 Å². The van der Waals surface area contributed by atoms with Crippen LogP contribution in [0.15, 0.2) is 177 Å². The molecule has 0 amide bonds. The smallest absolute Gasteiger partial charge is 0.197 e. The first-order valence-corrected chi connectivity index (χ1v) is 19.7. The van der Waals surface area contributed by atoms with Crippen LogP contribution in [0.5, 0.6) is 0 Å². The molecule has 0 atom stereocenters. The zero-order chi connectivity index (χ0) is 39.3. The van der Waals surface area contributed by atoms with Crippen molar-refractivity contribution in [1.29, 1.82) is 0 Å². The summed E-state index contributed by atoms with van der Waals surface area (Å²) in [4.78, 5) is 56.0. The topological polar surface area (TPSA) is 77.1 Å². The highest BCUT2D eigenvalue weighted by atomic mass is 16.1. The van der Waals surface area contributed by atoms with Gasteiger partial charge in [0.25, 0.3) is 0 Å². The van der Waals surface area contributed by atoms with E-state index in [4.69, 9.17) is 0 Å². The van der Waals surface area contributed by atoms with Gasteiger partial charge in [-0.2, -0.15) is 0 Å². The molecule has 1 aliphatic carbocycles. The number of rotatable bonds is 2. The fraction of sp³-hybridized carbons (Fsp3) is 0.0189. The molecule has 0 aliphatic heterocycles. The quantitative estimate of drug-likeness (QED) is 0.130. The van der Waals surface area contributed by atoms with Crippen LogP contribution in [0.2, 0.25) is 0 Å². The summed E-state index contributed by atoms with van der Waals surface area (Å²) >= 11 is 0. The molecule has 0 radical (unpaired) electrons. The van der Waals surface area contributed by atoms with E-state index in [2.05, 4.69) is 57.3 Å². The van der Waals surface area contributed by atoms with Gasteiger partial charge in [0.15, 0.2) is 21.7 Å². The zero-order valence-electron chi connectivity index (χ0n) is 31.2. The number of benzene rings is 8. The fourth-order valence-electron chi connectivity index (χ4n) is 10.3. The standard InChI is InChI=1S/C53H28N2O4/c56-50-34-11-3-5-17-43(34)54-45-23-19-29(26-41(45)52(58)38-15-7-13-36(50)48(38)54)31-21-22-33(47-32-10-2-1-9-28(32)25-40(31)47)30-20-24-46-42(27-30)53(59)39-16-8-14-37-49(39)55(46)44-18-6-4-12-35(44)51(37)57/h1-24,26-27H,25H2. The van der Waals surface area contributed by atoms with Gasteiger partial charge in [0.1, 0.15) is 0 Å². The van der Waals surface area contributed by atoms with Gasteiger partial charge in [0.2, 0.25) is 0 Å². The molecule has 1 aliphatic rings. The molecule has 8 aromatic carbocycles. The van der Waals surface area contributed by atoms with E-state index < -0.39 is 0 Å². The molecule has 0 saturated carbocycles. The predicted octanol–water partition coefficient (Wildman–Crippen LogP) is 10.3. The van der Waals surface area contributed by atoms with Gasteiger partial charge < -0.3 is 8.80 Å². The third kappa shape index (κ3) is 4.09. The van der Waals surface area contributed by atoms with Gasteiger partial charge in [0.05, 0.1) is 33.1 Å². The molecule has 0 saturated heterocycles. The average molecular weight is 757 g/mol. The summed E-state index contributed by atoms with van der Waals surface area (Å²) in [5.74, 6) is 0. The Morgan fingerprint density at radius 1 is 0.339 bits per heavy atom. The van der Waals surface area contributed by atoms with Crippen molar-refractivity contribution in [2.75, 3.05) is 0 Å². The number of nitrogens with zero attached hydrogens (tertiary/aromatic N) is 2. The minimum atomic E-state index is -0.107. The Kier molecular flexibility index (Phi) is 6.18. The molecule has 0 spiro atoms. The summed E-state index contributed by atoms with van der Waals surface area (Å²) in [6.45, 7) is 0. The van der Waals surface area contributed by atoms with E-state index in [1.807, 2.05) is 84.9 Å². The monoisotopic (exact) mass is 756 g/mol. The number of para-hydroxylation sites is 4. The van der Waals surface area contributed by atoms with Crippen molar-refractivity contribution in [3.05, 3.63) is 210 Å². The molecule has 12 aromatic rings. The minimum Gasteiger partial charge on any atom is -0.308 e. The van der Waals surface area contributed by atoms with E-state index in [-0.39, 0.29) is 21.7 Å². The van der Waals surface area contributed by atoms with Gasteiger partial charge in [-0.1, -0.05) is 84.9 Å². The highest BCUT2D eigenvalue weighted by Gasteiger charge is 2.27. The van der Waals surface area contributed by atoms with E-state index in [9.17, 15) is 19.2 Å². The summed E-state index contributed by atoms with van der Waals surface area (Å²) in [7, 11) is 0. The molecular weight excluding hydrogens is 729 g/mol. The largest absolute Gasteiger partial charge is 0.308 e. The van der Waals surface area contributed by atoms with Gasteiger partial charge in [-0.3, -0.25) is 19.2 Å². The first-order chi connectivity index (χ1) is 29.0. The molecule has 59 heavy (non-hydrogen) atoms. The van der Waals surface area contributed by atoms with Crippen LogP contribution in [0.3, 0.4) is 0 Å². The Hall–Kier alpha value is -7.96. The average Bonchev–Trinajstić information content (AvgIpc) is 3.68. The number of pyridine rings is 4. The first kappa shape index (κ1) is 32.2. The lowest BCUT2D eigenvalue weighted by molar-refractivity contribution is 1.26. The van der Waals surface area contributed by atoms with Gasteiger partial charge in [-0.05, 0) is 124 Å². The van der Waals surface area contributed by atoms with Gasteiger partial charge >= 0.3 is 0 Å². The van der Waals surface area contributed by atoms with Crippen LogP contribution in [-0.4, -0.2) is 8.80 Å². The molecule has 0 bridgehead atoms. The third-order valence-electron chi connectivity index (χ3n) is 12.8. The van der Waals surface area contributed by atoms with E-state index in [1.54, 1.807) is 24.3 Å². The predicted molar refractivity (Wildman–Crippen MR) is 240 cm³/mol. The number of fused-ring (bicyclic) bond motifs is 11. The maximum Gasteiger partial charge on any atom is 0.197 e. The van der Waals surface area contributed by atoms with E-state index in [1.165, 1.54) is 5.56 Å². The normalized spacial score (nSPS) is 12.6. The number of hydrogen-bond donors (Lipinski definition) is 0. The lowest BCUT2D eigenvalue weighted by atomic mass is 9.88. The summed E-state index contributed by atoms with van der Waals surface area (Å²) in [6.07, 6.45) is 0.714. The first-order valence-electron chi connectivity index (χ1n) is 19.7. The van der Waals surface area contributed by atoms with Crippen molar-refractivity contribution in [3.8, 4) is 33.4 Å². The Labute approximate surface area is 333 Å². The van der Waals surface area contributed by atoms with Crippen LogP contribution in [0.4, 0.5) is 0 Å². The molecule has 0 fully saturated rings. The zero-order valence-corrected chi connectivity index (χ0v) is 31.2. The lowest BCUT2D eigenvalue weighted by Crippen LogP contribution is -2.14. The van der Waals surface area contributed by atoms with Crippen molar-refractivity contribution < 1.29 is 0 Å². The van der Waals surface area contributed by atoms with Crippen molar-refractivity contribution in [3.63, 3.8) is 0 Å². The third-order valence-corrected chi connectivity index (χ3v) is 12.8. The van der Waals surface area contributed by atoms with Crippen LogP contribution in [-0.2, 0) is 6.42 Å². The second-order valence-electron chi connectivity index (χ2n) is 15.7. The molecule has 0 N–H and O–H groups in total. The fourth-order valence-corrected chi connectivity index (χ4v) is 10.3. The Bertz CT molecular complexity index is 4140. The van der Waals surface area contributed by atoms with E-state index in [0.717, 1.165) is 61.0 Å². The van der Waals surface area contributed by atoms with Crippen LogP contribution in [0.1, 0.15) is 11.1 Å². The summed E-state index contributed by atoms with van der Waals surface area (Å²) in [6, 6.07) is 51.0. The minimum absolute atomic E-state index is 0.0765. The van der Waals surface area contributed by atoms with Crippen molar-refractivity contribution >= 4 is 76.2 Å². The second kappa shape index (κ2) is 11.3.